The van der Waals surface area contributed by atoms with Gasteiger partial charge in [-0.1, -0.05) is 0 Å². The normalized spacial score (nSPS) is 10.6. The number of carbonyl (C=O) groups excluding carboxylic acids is 1. The first-order valence-corrected chi connectivity index (χ1v) is 6.30. The minimum Gasteiger partial charge on any atom is -0.454 e. The highest BCUT2D eigenvalue weighted by molar-refractivity contribution is 5.92. The Hall–Kier alpha value is -1.88. The Morgan fingerprint density at radius 2 is 2.35 bits per heavy atom. The first-order chi connectivity index (χ1) is 9.62. The molecular weight excluding hydrogens is 260 g/mol. The summed E-state index contributed by atoms with van der Waals surface area (Å²) in [6, 6.07) is 3.91. The summed E-state index contributed by atoms with van der Waals surface area (Å²) in [6.45, 7) is 4.19. The fourth-order valence-corrected chi connectivity index (χ4v) is 1.84. The van der Waals surface area contributed by atoms with Crippen molar-refractivity contribution in [1.29, 1.82) is 5.26 Å². The van der Waals surface area contributed by atoms with Gasteiger partial charge in [0.05, 0.1) is 19.2 Å². The van der Waals surface area contributed by atoms with Crippen LogP contribution >= 0.6 is 0 Å². The van der Waals surface area contributed by atoms with Crippen molar-refractivity contribution in [2.24, 2.45) is 5.84 Å². The number of nitriles is 1. The summed E-state index contributed by atoms with van der Waals surface area (Å²) in [6.07, 6.45) is 0.430. The van der Waals surface area contributed by atoms with E-state index in [-0.39, 0.29) is 5.76 Å². The lowest BCUT2D eigenvalue weighted by Gasteiger charge is -2.19. The predicted molar refractivity (Wildman–Crippen MR) is 72.5 cm³/mol. The van der Waals surface area contributed by atoms with Crippen LogP contribution in [0.15, 0.2) is 10.5 Å². The number of aryl methyl sites for hydroxylation is 1. The Morgan fingerprint density at radius 1 is 1.60 bits per heavy atom. The van der Waals surface area contributed by atoms with Crippen LogP contribution in [0, 0.1) is 18.3 Å². The molecule has 0 bridgehead atoms. The minimum atomic E-state index is -0.450. The average Bonchev–Trinajstić information content (AvgIpc) is 2.81. The molecule has 3 N–H and O–H groups in total. The van der Waals surface area contributed by atoms with E-state index in [0.29, 0.717) is 38.4 Å². The Balaban J connectivity index is 2.72. The highest BCUT2D eigenvalue weighted by atomic mass is 16.5. The molecule has 110 valence electrons. The molecule has 20 heavy (non-hydrogen) atoms. The fraction of sp³-hybridized carbons (Fsp3) is 0.538. The molecule has 0 radical (unpaired) electrons. The lowest BCUT2D eigenvalue weighted by molar-refractivity contribution is 0.0919. The molecule has 1 heterocycles. The van der Waals surface area contributed by atoms with Gasteiger partial charge in [0.2, 0.25) is 0 Å². The molecule has 1 rings (SSSR count). The summed E-state index contributed by atoms with van der Waals surface area (Å²) in [5.41, 5.74) is 2.78. The van der Waals surface area contributed by atoms with Gasteiger partial charge in [-0.25, -0.2) is 5.84 Å². The van der Waals surface area contributed by atoms with E-state index < -0.39 is 5.91 Å². The highest BCUT2D eigenvalue weighted by Crippen LogP contribution is 2.16. The van der Waals surface area contributed by atoms with Gasteiger partial charge in [0, 0.05) is 32.2 Å². The summed E-state index contributed by atoms with van der Waals surface area (Å²) in [7, 11) is 1.63. The molecule has 0 aliphatic heterocycles. The van der Waals surface area contributed by atoms with E-state index in [1.54, 1.807) is 20.1 Å². The molecule has 0 spiro atoms. The first kappa shape index (κ1) is 16.2. The van der Waals surface area contributed by atoms with E-state index in [4.69, 9.17) is 20.3 Å². The van der Waals surface area contributed by atoms with Gasteiger partial charge >= 0.3 is 5.91 Å². The van der Waals surface area contributed by atoms with Gasteiger partial charge in [0.1, 0.15) is 5.76 Å². The third kappa shape index (κ3) is 4.66. The maximum Gasteiger partial charge on any atom is 0.301 e. The number of hydrazine groups is 1. The molecule has 1 aromatic heterocycles. The number of furan rings is 1. The largest absolute Gasteiger partial charge is 0.454 e. The number of nitrogen functional groups attached to an aromatic ring is 1. The van der Waals surface area contributed by atoms with Crippen molar-refractivity contribution in [2.75, 3.05) is 26.8 Å². The molecule has 0 saturated carbocycles. The molecule has 0 saturated heterocycles. The SMILES string of the molecule is COCCN(CCC#N)Cc1cc(C)c(C(=O)NN)o1. The number of amides is 1. The van der Waals surface area contributed by atoms with Gasteiger partial charge in [-0.3, -0.25) is 15.1 Å². The van der Waals surface area contributed by atoms with E-state index >= 15 is 0 Å². The standard InChI is InChI=1S/C13H20N4O3/c1-10-8-11(20-12(10)13(18)16-15)9-17(5-3-4-14)6-7-19-2/h8H,3,5-7,9,15H2,1-2H3,(H,16,18). The average molecular weight is 280 g/mol. The maximum atomic E-state index is 11.5. The van der Waals surface area contributed by atoms with Crippen LogP contribution in [0.25, 0.3) is 0 Å². The number of methoxy groups -OCH3 is 1. The van der Waals surface area contributed by atoms with Crippen LogP contribution in [0.4, 0.5) is 0 Å². The Kier molecular flexibility index (Phi) is 6.73. The van der Waals surface area contributed by atoms with Crippen molar-refractivity contribution in [3.8, 4) is 6.07 Å². The molecular formula is C13H20N4O3. The van der Waals surface area contributed by atoms with E-state index in [2.05, 4.69) is 6.07 Å². The number of nitrogens with one attached hydrogen (secondary N) is 1. The topological polar surface area (TPSA) is 105 Å². The van der Waals surface area contributed by atoms with Gasteiger partial charge in [-0.05, 0) is 13.0 Å². The molecule has 0 atom stereocenters. The summed E-state index contributed by atoms with van der Waals surface area (Å²) in [5, 5.41) is 8.66. The number of hydrogen-bond donors (Lipinski definition) is 2. The number of nitrogens with zero attached hydrogens (tertiary/aromatic N) is 2. The summed E-state index contributed by atoms with van der Waals surface area (Å²) in [5.74, 6) is 5.52. The van der Waals surface area contributed by atoms with Crippen molar-refractivity contribution in [3.05, 3.63) is 23.2 Å². The van der Waals surface area contributed by atoms with E-state index in [9.17, 15) is 4.79 Å². The number of ether oxygens (including phenoxy) is 1. The summed E-state index contributed by atoms with van der Waals surface area (Å²) < 4.78 is 10.5. The lowest BCUT2D eigenvalue weighted by atomic mass is 10.2. The Bertz CT molecular complexity index is 478. The molecule has 0 unspecified atom stereocenters. The van der Waals surface area contributed by atoms with E-state index in [1.807, 2.05) is 10.3 Å². The van der Waals surface area contributed by atoms with Crippen LogP contribution < -0.4 is 11.3 Å². The smallest absolute Gasteiger partial charge is 0.301 e. The van der Waals surface area contributed by atoms with Crippen LogP contribution in [0.1, 0.15) is 28.3 Å². The van der Waals surface area contributed by atoms with Crippen LogP contribution in [-0.2, 0) is 11.3 Å². The number of rotatable bonds is 8. The zero-order valence-electron chi connectivity index (χ0n) is 11.8. The van der Waals surface area contributed by atoms with Crippen LogP contribution in [-0.4, -0.2) is 37.6 Å². The second-order valence-corrected chi connectivity index (χ2v) is 4.38. The first-order valence-electron chi connectivity index (χ1n) is 6.30. The predicted octanol–water partition coefficient (Wildman–Crippen LogP) is 0.554. The fourth-order valence-electron chi connectivity index (χ4n) is 1.84. The van der Waals surface area contributed by atoms with Gasteiger partial charge in [0.25, 0.3) is 0 Å². The molecule has 7 nitrogen and oxygen atoms in total. The van der Waals surface area contributed by atoms with Crippen molar-refractivity contribution in [3.63, 3.8) is 0 Å². The third-order valence-electron chi connectivity index (χ3n) is 2.84. The van der Waals surface area contributed by atoms with Crippen LogP contribution in [0.3, 0.4) is 0 Å². The van der Waals surface area contributed by atoms with E-state index in [1.165, 1.54) is 0 Å². The van der Waals surface area contributed by atoms with Crippen LogP contribution in [0.2, 0.25) is 0 Å². The number of hydrogen-bond acceptors (Lipinski definition) is 6. The summed E-state index contributed by atoms with van der Waals surface area (Å²) >= 11 is 0. The van der Waals surface area contributed by atoms with Gasteiger partial charge < -0.3 is 9.15 Å². The second kappa shape index (κ2) is 8.32. The molecule has 7 heteroatoms. The van der Waals surface area contributed by atoms with Gasteiger partial charge in [-0.2, -0.15) is 5.26 Å². The van der Waals surface area contributed by atoms with E-state index in [0.717, 1.165) is 5.56 Å². The molecule has 0 aliphatic rings. The minimum absolute atomic E-state index is 0.217. The third-order valence-corrected chi connectivity index (χ3v) is 2.84. The molecule has 1 aromatic rings. The zero-order valence-corrected chi connectivity index (χ0v) is 11.8. The van der Waals surface area contributed by atoms with Crippen molar-refractivity contribution >= 4 is 5.91 Å². The number of carbonyl (C=O) groups is 1. The molecule has 0 fully saturated rings. The van der Waals surface area contributed by atoms with Crippen molar-refractivity contribution < 1.29 is 13.9 Å². The van der Waals surface area contributed by atoms with Gasteiger partial charge in [0.15, 0.2) is 5.76 Å². The molecule has 0 aromatic carbocycles. The van der Waals surface area contributed by atoms with Crippen LogP contribution in [0.5, 0.6) is 0 Å². The molecule has 0 aliphatic carbocycles. The quantitative estimate of drug-likeness (QED) is 0.409. The second-order valence-electron chi connectivity index (χ2n) is 4.38. The highest BCUT2D eigenvalue weighted by Gasteiger charge is 2.16. The lowest BCUT2D eigenvalue weighted by Crippen LogP contribution is -2.30. The number of nitrogens with two attached hydrogens (primary N) is 1. The van der Waals surface area contributed by atoms with Gasteiger partial charge in [-0.15, -0.1) is 0 Å². The molecule has 1 amide bonds. The Labute approximate surface area is 118 Å². The monoisotopic (exact) mass is 280 g/mol. The zero-order chi connectivity index (χ0) is 15.0. The Morgan fingerprint density at radius 3 is 2.95 bits per heavy atom. The maximum absolute atomic E-state index is 11.5. The van der Waals surface area contributed by atoms with Crippen molar-refractivity contribution in [1.82, 2.24) is 10.3 Å². The van der Waals surface area contributed by atoms with Crippen molar-refractivity contribution in [2.45, 2.75) is 19.9 Å². The summed E-state index contributed by atoms with van der Waals surface area (Å²) in [4.78, 5) is 13.5.